The van der Waals surface area contributed by atoms with Crippen molar-refractivity contribution in [2.24, 2.45) is 5.92 Å². The summed E-state index contributed by atoms with van der Waals surface area (Å²) in [5.41, 5.74) is 1.07. The van der Waals surface area contributed by atoms with Crippen LogP contribution in [0.2, 0.25) is 0 Å². The van der Waals surface area contributed by atoms with E-state index in [-0.39, 0.29) is 5.92 Å². The summed E-state index contributed by atoms with van der Waals surface area (Å²) in [5.74, 6) is -1.09. The monoisotopic (exact) mass is 230 g/mol. The Morgan fingerprint density at radius 1 is 1.29 bits per heavy atom. The molecule has 90 valence electrons. The van der Waals surface area contributed by atoms with E-state index in [9.17, 15) is 4.79 Å². The molecule has 0 amide bonds. The van der Waals surface area contributed by atoms with Crippen molar-refractivity contribution >= 4 is 5.97 Å². The molecule has 2 heteroatoms. The molecular weight excluding hydrogens is 212 g/mol. The molecule has 0 heterocycles. The zero-order chi connectivity index (χ0) is 12.5. The third kappa shape index (κ3) is 5.16. The number of hydrogen-bond acceptors (Lipinski definition) is 1. The van der Waals surface area contributed by atoms with Gasteiger partial charge in [-0.1, -0.05) is 54.6 Å². The maximum Gasteiger partial charge on any atom is 0.307 e. The van der Waals surface area contributed by atoms with Crippen LogP contribution >= 0.6 is 0 Å². The van der Waals surface area contributed by atoms with Crippen LogP contribution in [-0.4, -0.2) is 11.1 Å². The fraction of sp³-hybridized carbons (Fsp3) is 0.267. The molecule has 0 aliphatic carbocycles. The third-order valence-electron chi connectivity index (χ3n) is 2.53. The highest BCUT2D eigenvalue weighted by atomic mass is 16.4. The van der Waals surface area contributed by atoms with E-state index in [1.165, 1.54) is 0 Å². The van der Waals surface area contributed by atoms with Crippen LogP contribution in [0.1, 0.15) is 18.9 Å². The van der Waals surface area contributed by atoms with Crippen LogP contribution in [0.5, 0.6) is 0 Å². The highest BCUT2D eigenvalue weighted by molar-refractivity contribution is 5.70. The van der Waals surface area contributed by atoms with Gasteiger partial charge in [-0.05, 0) is 25.3 Å². The molecule has 1 atom stereocenters. The first kappa shape index (κ1) is 13.2. The van der Waals surface area contributed by atoms with Crippen LogP contribution in [0.4, 0.5) is 0 Å². The van der Waals surface area contributed by atoms with Crippen LogP contribution in [0.15, 0.2) is 54.6 Å². The fourth-order valence-corrected chi connectivity index (χ4v) is 1.60. The van der Waals surface area contributed by atoms with E-state index in [0.717, 1.165) is 5.56 Å². The van der Waals surface area contributed by atoms with Crippen molar-refractivity contribution in [1.29, 1.82) is 0 Å². The second kappa shape index (κ2) is 7.44. The number of hydrogen-bond donors (Lipinski definition) is 1. The van der Waals surface area contributed by atoms with E-state index in [1.807, 2.05) is 61.6 Å². The number of benzene rings is 1. The van der Waals surface area contributed by atoms with Crippen molar-refractivity contribution in [2.45, 2.75) is 19.8 Å². The van der Waals surface area contributed by atoms with Crippen LogP contribution in [0, 0.1) is 5.92 Å². The minimum Gasteiger partial charge on any atom is -0.481 e. The lowest BCUT2D eigenvalue weighted by molar-refractivity contribution is -0.141. The normalized spacial score (nSPS) is 13.2. The maximum absolute atomic E-state index is 11.1. The lowest BCUT2D eigenvalue weighted by Crippen LogP contribution is -2.15. The molecule has 17 heavy (non-hydrogen) atoms. The Labute approximate surface area is 102 Å². The van der Waals surface area contributed by atoms with Gasteiger partial charge >= 0.3 is 5.97 Å². The smallest absolute Gasteiger partial charge is 0.307 e. The zero-order valence-electron chi connectivity index (χ0n) is 10.0. The summed E-state index contributed by atoms with van der Waals surface area (Å²) in [6, 6.07) is 9.73. The van der Waals surface area contributed by atoms with Gasteiger partial charge in [-0.3, -0.25) is 4.79 Å². The molecule has 1 aromatic rings. The molecule has 0 spiro atoms. The number of aliphatic carboxylic acids is 1. The van der Waals surface area contributed by atoms with Crippen molar-refractivity contribution in [2.75, 3.05) is 0 Å². The first-order chi connectivity index (χ1) is 8.24. The summed E-state index contributed by atoms with van der Waals surface area (Å²) in [7, 11) is 0. The number of carboxylic acids is 1. The summed E-state index contributed by atoms with van der Waals surface area (Å²) < 4.78 is 0. The molecule has 0 bridgehead atoms. The van der Waals surface area contributed by atoms with E-state index < -0.39 is 5.97 Å². The van der Waals surface area contributed by atoms with Gasteiger partial charge in [0.1, 0.15) is 0 Å². The highest BCUT2D eigenvalue weighted by Gasteiger charge is 2.15. The quantitative estimate of drug-likeness (QED) is 0.760. The molecule has 0 radical (unpaired) electrons. The van der Waals surface area contributed by atoms with E-state index in [2.05, 4.69) is 0 Å². The highest BCUT2D eigenvalue weighted by Crippen LogP contribution is 2.13. The fourth-order valence-electron chi connectivity index (χ4n) is 1.60. The minimum absolute atomic E-state index is 0.348. The summed E-state index contributed by atoms with van der Waals surface area (Å²) in [6.07, 6.45) is 8.76. The van der Waals surface area contributed by atoms with E-state index >= 15 is 0 Å². The maximum atomic E-state index is 11.1. The predicted octanol–water partition coefficient (Wildman–Crippen LogP) is 3.45. The number of carboxylic acid groups (broad SMARTS) is 1. The number of allylic oxidation sites excluding steroid dienone is 4. The molecule has 0 aliphatic rings. The standard InChI is InChI=1S/C15H18O2/c1-2-3-4-8-11-14(15(16)17)12-13-9-6-5-7-10-13/h2-10,14H,11-12H2,1H3,(H,16,17)/b3-2+,8-4+/t14-/m0/s1. The zero-order valence-corrected chi connectivity index (χ0v) is 10.0. The molecule has 0 aliphatic heterocycles. The van der Waals surface area contributed by atoms with Crippen LogP contribution in [0.25, 0.3) is 0 Å². The largest absolute Gasteiger partial charge is 0.481 e. The summed E-state index contributed by atoms with van der Waals surface area (Å²) in [6.45, 7) is 1.93. The lowest BCUT2D eigenvalue weighted by atomic mass is 9.96. The number of carbonyl (C=O) groups is 1. The summed E-state index contributed by atoms with van der Waals surface area (Å²) in [5, 5.41) is 9.14. The van der Waals surface area contributed by atoms with Gasteiger partial charge in [0.25, 0.3) is 0 Å². The summed E-state index contributed by atoms with van der Waals surface area (Å²) >= 11 is 0. The van der Waals surface area contributed by atoms with E-state index in [0.29, 0.717) is 12.8 Å². The van der Waals surface area contributed by atoms with Crippen LogP contribution in [0.3, 0.4) is 0 Å². The SMILES string of the molecule is C/C=C/C=C/C[C@@H](Cc1ccccc1)C(=O)O. The van der Waals surface area contributed by atoms with Gasteiger partial charge < -0.3 is 5.11 Å². The third-order valence-corrected chi connectivity index (χ3v) is 2.53. The molecule has 0 saturated carbocycles. The minimum atomic E-state index is -0.737. The van der Waals surface area contributed by atoms with E-state index in [4.69, 9.17) is 5.11 Å². The van der Waals surface area contributed by atoms with Gasteiger partial charge in [0, 0.05) is 0 Å². The predicted molar refractivity (Wildman–Crippen MR) is 69.8 cm³/mol. The lowest BCUT2D eigenvalue weighted by Gasteiger charge is -2.09. The van der Waals surface area contributed by atoms with Gasteiger partial charge in [-0.2, -0.15) is 0 Å². The van der Waals surface area contributed by atoms with E-state index in [1.54, 1.807) is 0 Å². The van der Waals surface area contributed by atoms with Crippen molar-refractivity contribution in [3.05, 3.63) is 60.2 Å². The average Bonchev–Trinajstić information content (AvgIpc) is 2.34. The second-order valence-electron chi connectivity index (χ2n) is 3.91. The molecule has 0 aromatic heterocycles. The molecule has 2 nitrogen and oxygen atoms in total. The first-order valence-electron chi connectivity index (χ1n) is 5.78. The Morgan fingerprint density at radius 2 is 2.00 bits per heavy atom. The number of rotatable bonds is 6. The molecular formula is C15H18O2. The van der Waals surface area contributed by atoms with Gasteiger partial charge in [0.15, 0.2) is 0 Å². The molecule has 1 N–H and O–H groups in total. The van der Waals surface area contributed by atoms with Gasteiger partial charge in [0.05, 0.1) is 5.92 Å². The Kier molecular flexibility index (Phi) is 5.80. The van der Waals surface area contributed by atoms with Crippen molar-refractivity contribution in [3.63, 3.8) is 0 Å². The second-order valence-corrected chi connectivity index (χ2v) is 3.91. The Hall–Kier alpha value is -1.83. The molecule has 1 rings (SSSR count). The van der Waals surface area contributed by atoms with Crippen LogP contribution in [-0.2, 0) is 11.2 Å². The Balaban J connectivity index is 2.58. The van der Waals surface area contributed by atoms with Crippen LogP contribution < -0.4 is 0 Å². The Bertz CT molecular complexity index is 391. The molecule has 0 fully saturated rings. The molecule has 1 aromatic carbocycles. The molecule has 0 saturated heterocycles. The Morgan fingerprint density at radius 3 is 2.59 bits per heavy atom. The van der Waals surface area contributed by atoms with Gasteiger partial charge in [-0.15, -0.1) is 0 Å². The first-order valence-corrected chi connectivity index (χ1v) is 5.78. The average molecular weight is 230 g/mol. The van der Waals surface area contributed by atoms with Crippen molar-refractivity contribution in [1.82, 2.24) is 0 Å². The topological polar surface area (TPSA) is 37.3 Å². The van der Waals surface area contributed by atoms with Crippen molar-refractivity contribution < 1.29 is 9.90 Å². The molecule has 0 unspecified atom stereocenters. The summed E-state index contributed by atoms with van der Waals surface area (Å²) in [4.78, 5) is 11.1. The van der Waals surface area contributed by atoms with Gasteiger partial charge in [-0.25, -0.2) is 0 Å². The van der Waals surface area contributed by atoms with Gasteiger partial charge in [0.2, 0.25) is 0 Å². The van der Waals surface area contributed by atoms with Crippen molar-refractivity contribution in [3.8, 4) is 0 Å².